The Hall–Kier alpha value is -0.610. The molecule has 2 saturated heterocycles. The average Bonchev–Trinajstić information content (AvgIpc) is 2.23. The summed E-state index contributed by atoms with van der Waals surface area (Å²) in [5.74, 6) is 1.02. The van der Waals surface area contributed by atoms with E-state index >= 15 is 0 Å². The molecule has 0 saturated carbocycles. The summed E-state index contributed by atoms with van der Waals surface area (Å²) in [5.41, 5.74) is -0.518. The lowest BCUT2D eigenvalue weighted by atomic mass is 9.89. The number of hydrogen-bond acceptors (Lipinski definition) is 3. The highest BCUT2D eigenvalue weighted by molar-refractivity contribution is 5.79. The van der Waals surface area contributed by atoms with E-state index in [1.807, 2.05) is 4.90 Å². The maximum atomic E-state index is 12.7. The monoisotopic (exact) mass is 268 g/mol. The van der Waals surface area contributed by atoms with Gasteiger partial charge < -0.3 is 15.0 Å². The number of morpholine rings is 1. The van der Waals surface area contributed by atoms with E-state index in [4.69, 9.17) is 4.74 Å². The third kappa shape index (κ3) is 3.69. The van der Waals surface area contributed by atoms with Crippen molar-refractivity contribution in [2.24, 2.45) is 11.8 Å². The topological polar surface area (TPSA) is 41.6 Å². The van der Waals surface area contributed by atoms with Crippen LogP contribution in [0.5, 0.6) is 0 Å². The molecule has 2 heterocycles. The molecule has 4 heteroatoms. The minimum absolute atomic E-state index is 0.133. The predicted molar refractivity (Wildman–Crippen MR) is 76.0 cm³/mol. The number of hydrogen-bond donors (Lipinski definition) is 1. The van der Waals surface area contributed by atoms with E-state index in [0.717, 1.165) is 19.5 Å². The van der Waals surface area contributed by atoms with E-state index in [9.17, 15) is 4.79 Å². The molecule has 19 heavy (non-hydrogen) atoms. The van der Waals surface area contributed by atoms with Crippen LogP contribution in [0.1, 0.15) is 41.0 Å². The van der Waals surface area contributed by atoms with Crippen LogP contribution in [0.25, 0.3) is 0 Å². The highest BCUT2D eigenvalue weighted by Crippen LogP contribution is 2.30. The SMILES string of the molecule is CC1CNCC(C(=O)N2CC(C)(C)OC(C)(C)C2)C1. The first-order chi connectivity index (χ1) is 8.69. The highest BCUT2D eigenvalue weighted by atomic mass is 16.5. The van der Waals surface area contributed by atoms with E-state index < -0.39 is 0 Å². The third-order valence-electron chi connectivity index (χ3n) is 3.93. The van der Waals surface area contributed by atoms with Gasteiger partial charge in [-0.1, -0.05) is 6.92 Å². The minimum atomic E-state index is -0.259. The second-order valence-electron chi connectivity index (χ2n) is 7.51. The van der Waals surface area contributed by atoms with Crippen LogP contribution in [0.3, 0.4) is 0 Å². The molecule has 0 aromatic rings. The number of ether oxygens (including phenoxy) is 1. The Labute approximate surface area is 116 Å². The number of rotatable bonds is 1. The van der Waals surface area contributed by atoms with Crippen molar-refractivity contribution in [1.82, 2.24) is 10.2 Å². The van der Waals surface area contributed by atoms with Gasteiger partial charge in [-0.25, -0.2) is 0 Å². The van der Waals surface area contributed by atoms with Crippen LogP contribution in [0.4, 0.5) is 0 Å². The van der Waals surface area contributed by atoms with Crippen molar-refractivity contribution in [3.05, 3.63) is 0 Å². The Bertz CT molecular complexity index is 336. The summed E-state index contributed by atoms with van der Waals surface area (Å²) in [6.07, 6.45) is 1.00. The summed E-state index contributed by atoms with van der Waals surface area (Å²) in [6, 6.07) is 0. The van der Waals surface area contributed by atoms with Crippen LogP contribution in [-0.2, 0) is 9.53 Å². The molecular formula is C15H28N2O2. The Morgan fingerprint density at radius 1 is 1.16 bits per heavy atom. The molecule has 2 atom stereocenters. The van der Waals surface area contributed by atoms with Crippen molar-refractivity contribution in [2.75, 3.05) is 26.2 Å². The number of amides is 1. The zero-order valence-electron chi connectivity index (χ0n) is 13.0. The van der Waals surface area contributed by atoms with Gasteiger partial charge in [0, 0.05) is 19.6 Å². The second kappa shape index (κ2) is 5.06. The van der Waals surface area contributed by atoms with Gasteiger partial charge in [0.25, 0.3) is 0 Å². The van der Waals surface area contributed by atoms with Crippen LogP contribution in [0.2, 0.25) is 0 Å². The zero-order chi connectivity index (χ0) is 14.3. The number of piperidine rings is 1. The highest BCUT2D eigenvalue weighted by Gasteiger charge is 2.41. The Morgan fingerprint density at radius 3 is 2.26 bits per heavy atom. The average molecular weight is 268 g/mol. The van der Waals surface area contributed by atoms with E-state index in [-0.39, 0.29) is 17.1 Å². The number of nitrogens with one attached hydrogen (secondary N) is 1. The lowest BCUT2D eigenvalue weighted by Gasteiger charge is -2.48. The molecule has 0 aliphatic carbocycles. The van der Waals surface area contributed by atoms with Crippen LogP contribution in [0.15, 0.2) is 0 Å². The standard InChI is InChI=1S/C15H28N2O2/c1-11-6-12(8-16-7-11)13(18)17-9-14(2,3)19-15(4,5)10-17/h11-12,16H,6-10H2,1-5H3. The molecule has 0 aromatic heterocycles. The fourth-order valence-electron chi connectivity index (χ4n) is 3.55. The molecule has 2 rings (SSSR count). The molecule has 4 nitrogen and oxygen atoms in total. The Kier molecular flexibility index (Phi) is 3.94. The van der Waals surface area contributed by atoms with Crippen molar-refractivity contribution in [3.63, 3.8) is 0 Å². The van der Waals surface area contributed by atoms with Gasteiger partial charge in [0.1, 0.15) is 0 Å². The summed E-state index contributed by atoms with van der Waals surface area (Å²) in [4.78, 5) is 14.7. The molecular weight excluding hydrogens is 240 g/mol. The molecule has 2 unspecified atom stereocenters. The van der Waals surface area contributed by atoms with Crippen LogP contribution >= 0.6 is 0 Å². The number of carbonyl (C=O) groups is 1. The molecule has 2 aliphatic heterocycles. The van der Waals surface area contributed by atoms with Gasteiger partial charge in [-0.05, 0) is 46.6 Å². The predicted octanol–water partition coefficient (Wildman–Crippen LogP) is 1.65. The zero-order valence-corrected chi connectivity index (χ0v) is 13.0. The van der Waals surface area contributed by atoms with Crippen LogP contribution in [0, 0.1) is 11.8 Å². The smallest absolute Gasteiger partial charge is 0.227 e. The van der Waals surface area contributed by atoms with Crippen molar-refractivity contribution in [2.45, 2.75) is 52.2 Å². The lowest BCUT2D eigenvalue weighted by Crippen LogP contribution is -2.60. The van der Waals surface area contributed by atoms with Gasteiger partial charge in [0.05, 0.1) is 17.1 Å². The lowest BCUT2D eigenvalue weighted by molar-refractivity contribution is -0.190. The van der Waals surface area contributed by atoms with Gasteiger partial charge in [-0.2, -0.15) is 0 Å². The number of carbonyl (C=O) groups excluding carboxylic acids is 1. The molecule has 0 bridgehead atoms. The molecule has 1 N–H and O–H groups in total. The molecule has 0 spiro atoms. The quantitative estimate of drug-likeness (QED) is 0.786. The van der Waals surface area contributed by atoms with E-state index in [1.165, 1.54) is 0 Å². The summed E-state index contributed by atoms with van der Waals surface area (Å²) in [6.45, 7) is 13.7. The van der Waals surface area contributed by atoms with Gasteiger partial charge in [0.2, 0.25) is 5.91 Å². The van der Waals surface area contributed by atoms with Gasteiger partial charge in [-0.15, -0.1) is 0 Å². The van der Waals surface area contributed by atoms with E-state index in [0.29, 0.717) is 24.9 Å². The minimum Gasteiger partial charge on any atom is -0.366 e. The van der Waals surface area contributed by atoms with Crippen molar-refractivity contribution < 1.29 is 9.53 Å². The summed E-state index contributed by atoms with van der Waals surface area (Å²) in [7, 11) is 0. The Morgan fingerprint density at radius 2 is 1.74 bits per heavy atom. The molecule has 2 fully saturated rings. The van der Waals surface area contributed by atoms with E-state index in [2.05, 4.69) is 39.9 Å². The van der Waals surface area contributed by atoms with Gasteiger partial charge >= 0.3 is 0 Å². The Balaban J connectivity index is 2.05. The summed E-state index contributed by atoms with van der Waals surface area (Å²) < 4.78 is 6.04. The third-order valence-corrected chi connectivity index (χ3v) is 3.93. The molecule has 0 aromatic carbocycles. The maximum Gasteiger partial charge on any atom is 0.227 e. The number of nitrogens with zero attached hydrogens (tertiary/aromatic N) is 1. The van der Waals surface area contributed by atoms with Gasteiger partial charge in [-0.3, -0.25) is 4.79 Å². The molecule has 1 amide bonds. The fourth-order valence-corrected chi connectivity index (χ4v) is 3.55. The fraction of sp³-hybridized carbons (Fsp3) is 0.933. The summed E-state index contributed by atoms with van der Waals surface area (Å²) >= 11 is 0. The second-order valence-corrected chi connectivity index (χ2v) is 7.51. The van der Waals surface area contributed by atoms with Crippen LogP contribution < -0.4 is 5.32 Å². The first kappa shape index (κ1) is 14.8. The molecule has 2 aliphatic rings. The van der Waals surface area contributed by atoms with Crippen molar-refractivity contribution in [3.8, 4) is 0 Å². The summed E-state index contributed by atoms with van der Waals surface area (Å²) in [5, 5.41) is 3.37. The van der Waals surface area contributed by atoms with Crippen LogP contribution in [-0.4, -0.2) is 48.2 Å². The largest absolute Gasteiger partial charge is 0.366 e. The first-order valence-electron chi connectivity index (χ1n) is 7.38. The normalized spacial score (nSPS) is 34.1. The van der Waals surface area contributed by atoms with Crippen molar-refractivity contribution >= 4 is 5.91 Å². The van der Waals surface area contributed by atoms with Crippen molar-refractivity contribution in [1.29, 1.82) is 0 Å². The molecule has 0 radical (unpaired) electrons. The first-order valence-corrected chi connectivity index (χ1v) is 7.38. The molecule has 110 valence electrons. The van der Waals surface area contributed by atoms with E-state index in [1.54, 1.807) is 0 Å². The maximum absolute atomic E-state index is 12.7. The van der Waals surface area contributed by atoms with Gasteiger partial charge in [0.15, 0.2) is 0 Å².